The van der Waals surface area contributed by atoms with E-state index in [0.29, 0.717) is 0 Å². The Kier molecular flexibility index (Phi) is 4.45. The third kappa shape index (κ3) is 4.24. The van der Waals surface area contributed by atoms with Gasteiger partial charge in [-0.05, 0) is 0 Å². The van der Waals surface area contributed by atoms with Crippen LogP contribution in [0.25, 0.3) is 0 Å². The number of hydrogen-bond donors (Lipinski definition) is 1. The molecule has 0 aromatic heterocycles. The van der Waals surface area contributed by atoms with Crippen LogP contribution in [0.4, 0.5) is 0 Å². The van der Waals surface area contributed by atoms with Gasteiger partial charge in [-0.25, -0.2) is 0 Å². The quantitative estimate of drug-likeness (QED) is 0.376. The molecule has 0 aliphatic carbocycles. The summed E-state index contributed by atoms with van der Waals surface area (Å²) in [6, 6.07) is 0. The van der Waals surface area contributed by atoms with Crippen molar-refractivity contribution in [1.29, 1.82) is 0 Å². The normalized spacial score (nSPS) is 8.00. The summed E-state index contributed by atoms with van der Waals surface area (Å²) < 4.78 is 3.09. The molecule has 0 unspecified atom stereocenters. The summed E-state index contributed by atoms with van der Waals surface area (Å²) in [6.45, 7) is 4.50. The van der Waals surface area contributed by atoms with Gasteiger partial charge in [0.05, 0.1) is 0 Å². The molecule has 30 valence electrons. The molecule has 0 spiro atoms. The fourth-order valence-corrected chi connectivity index (χ4v) is 0.750. The molecule has 2 heteroatoms. The van der Waals surface area contributed by atoms with Gasteiger partial charge in [0.15, 0.2) is 0 Å². The average Bonchev–Trinajstić information content (AvgIpc) is 1.41. The molecule has 0 amide bonds. The van der Waals surface area contributed by atoms with Gasteiger partial charge < -0.3 is 0 Å². The molecule has 0 atom stereocenters. The standard InChI is InChI=1S/C3H9GeN/c1-2-3-5-4/h2,5H,1,3H2,4H3. The van der Waals surface area contributed by atoms with Crippen LogP contribution < -0.4 is 4.27 Å². The summed E-state index contributed by atoms with van der Waals surface area (Å²) in [5.74, 6) is 0. The fourth-order valence-electron chi connectivity index (χ4n) is 0.144. The Morgan fingerprint density at radius 3 is 2.60 bits per heavy atom. The van der Waals surface area contributed by atoms with Crippen LogP contribution in [0.3, 0.4) is 0 Å². The van der Waals surface area contributed by atoms with Crippen molar-refractivity contribution in [1.82, 2.24) is 4.27 Å². The minimum absolute atomic E-state index is 0.793. The Hall–Kier alpha value is 0.243. The summed E-state index contributed by atoms with van der Waals surface area (Å²) in [4.78, 5) is 0. The van der Waals surface area contributed by atoms with E-state index in [4.69, 9.17) is 0 Å². The molecule has 0 fully saturated rings. The van der Waals surface area contributed by atoms with Gasteiger partial charge in [0.25, 0.3) is 0 Å². The minimum atomic E-state index is 0.793. The first-order chi connectivity index (χ1) is 2.41. The summed E-state index contributed by atoms with van der Waals surface area (Å²) in [7, 11) is 0. The van der Waals surface area contributed by atoms with Crippen LogP contribution in [-0.2, 0) is 0 Å². The molecule has 0 aromatic carbocycles. The first-order valence-electron chi connectivity index (χ1n) is 1.67. The van der Waals surface area contributed by atoms with E-state index in [1.165, 1.54) is 0 Å². The maximum absolute atomic E-state index is 3.52. The predicted molar refractivity (Wildman–Crippen MR) is 28.1 cm³/mol. The molecule has 0 saturated heterocycles. The SMILES string of the molecule is C=CC[NH][GeH3]. The zero-order chi connectivity index (χ0) is 4.12. The van der Waals surface area contributed by atoms with E-state index in [1.54, 1.807) is 0 Å². The van der Waals surface area contributed by atoms with Crippen molar-refractivity contribution in [2.24, 2.45) is 0 Å². The summed E-state index contributed by atoms with van der Waals surface area (Å²) in [5, 5.41) is 0. The summed E-state index contributed by atoms with van der Waals surface area (Å²) in [5.41, 5.74) is 0. The van der Waals surface area contributed by atoms with Crippen molar-refractivity contribution in [3.63, 3.8) is 0 Å². The molecular weight excluding hydrogens is 123 g/mol. The van der Waals surface area contributed by atoms with E-state index in [9.17, 15) is 0 Å². The van der Waals surface area contributed by atoms with E-state index in [1.807, 2.05) is 6.08 Å². The second-order valence-electron chi connectivity index (χ2n) is 0.846. The predicted octanol–water partition coefficient (Wildman–Crippen LogP) is -0.958. The molecule has 0 bridgehead atoms. The maximum atomic E-state index is 3.52. The van der Waals surface area contributed by atoms with Gasteiger partial charge in [0, 0.05) is 0 Å². The van der Waals surface area contributed by atoms with Crippen LogP contribution in [0.2, 0.25) is 0 Å². The van der Waals surface area contributed by atoms with Gasteiger partial charge >= 0.3 is 40.2 Å². The van der Waals surface area contributed by atoms with E-state index in [-0.39, 0.29) is 0 Å². The van der Waals surface area contributed by atoms with Gasteiger partial charge in [-0.3, -0.25) is 0 Å². The zero-order valence-corrected chi connectivity index (χ0v) is 7.69. The monoisotopic (exact) mass is 133 g/mol. The van der Waals surface area contributed by atoms with Crippen molar-refractivity contribution in [3.8, 4) is 0 Å². The van der Waals surface area contributed by atoms with Crippen LogP contribution in [-0.4, -0.2) is 23.3 Å². The Bertz CT molecular complexity index is 28.1. The first-order valence-corrected chi connectivity index (χ1v) is 3.77. The van der Waals surface area contributed by atoms with Crippen LogP contribution in [0.5, 0.6) is 0 Å². The molecule has 0 saturated carbocycles. The Labute approximate surface area is 40.9 Å². The topological polar surface area (TPSA) is 12.0 Å². The number of rotatable bonds is 2. The molecule has 1 nitrogen and oxygen atoms in total. The van der Waals surface area contributed by atoms with E-state index >= 15 is 0 Å². The van der Waals surface area contributed by atoms with Crippen molar-refractivity contribution in [3.05, 3.63) is 12.7 Å². The van der Waals surface area contributed by atoms with Crippen molar-refractivity contribution in [2.75, 3.05) is 6.54 Å². The Morgan fingerprint density at radius 1 is 2.00 bits per heavy atom. The Morgan fingerprint density at radius 2 is 2.60 bits per heavy atom. The van der Waals surface area contributed by atoms with Crippen LogP contribution in [0, 0.1) is 0 Å². The molecule has 0 radical (unpaired) electrons. The van der Waals surface area contributed by atoms with E-state index in [2.05, 4.69) is 10.9 Å². The summed E-state index contributed by atoms with van der Waals surface area (Å²) >= 11 is 0.793. The van der Waals surface area contributed by atoms with Gasteiger partial charge in [-0.15, -0.1) is 0 Å². The number of nitrogens with one attached hydrogen (secondary N) is 1. The third-order valence-electron chi connectivity index (χ3n) is 0.348. The zero-order valence-electron chi connectivity index (χ0n) is 3.49. The number of hydrogen-bond acceptors (Lipinski definition) is 1. The van der Waals surface area contributed by atoms with Crippen molar-refractivity contribution in [2.45, 2.75) is 0 Å². The van der Waals surface area contributed by atoms with Crippen LogP contribution in [0.15, 0.2) is 12.7 Å². The molecule has 1 N–H and O–H groups in total. The molecule has 0 aliphatic rings. The molecule has 0 rings (SSSR count). The fraction of sp³-hybridized carbons (Fsp3) is 0.333. The van der Waals surface area contributed by atoms with Gasteiger partial charge in [0.2, 0.25) is 0 Å². The molecule has 0 aromatic rings. The molecule has 5 heavy (non-hydrogen) atoms. The second kappa shape index (κ2) is 4.24. The van der Waals surface area contributed by atoms with Crippen LogP contribution in [0.1, 0.15) is 0 Å². The summed E-state index contributed by atoms with van der Waals surface area (Å²) in [6.07, 6.45) is 1.87. The Balaban J connectivity index is 2.40. The van der Waals surface area contributed by atoms with Gasteiger partial charge in [-0.2, -0.15) is 0 Å². The van der Waals surface area contributed by atoms with E-state index in [0.717, 1.165) is 23.3 Å². The average molecular weight is 132 g/mol. The van der Waals surface area contributed by atoms with Gasteiger partial charge in [-0.1, -0.05) is 0 Å². The molecule has 0 heterocycles. The molecule has 0 aliphatic heterocycles. The van der Waals surface area contributed by atoms with Crippen molar-refractivity contribution < 1.29 is 0 Å². The first kappa shape index (κ1) is 5.24. The third-order valence-corrected chi connectivity index (χ3v) is 1.20. The van der Waals surface area contributed by atoms with Gasteiger partial charge in [0.1, 0.15) is 0 Å². The second-order valence-corrected chi connectivity index (χ2v) is 2.33. The van der Waals surface area contributed by atoms with Crippen molar-refractivity contribution >= 4 is 16.7 Å². The van der Waals surface area contributed by atoms with Crippen LogP contribution >= 0.6 is 0 Å². The molecular formula is C3H9GeN. The van der Waals surface area contributed by atoms with E-state index < -0.39 is 0 Å².